The Morgan fingerprint density at radius 2 is 1.38 bits per heavy atom. The first-order valence-electron chi connectivity index (χ1n) is 7.44. The molecule has 0 aliphatic carbocycles. The lowest BCUT2D eigenvalue weighted by Crippen LogP contribution is -2.05. The van der Waals surface area contributed by atoms with Gasteiger partial charge in [0.25, 0.3) is 0 Å². The normalized spacial score (nSPS) is 10.7. The molecule has 0 radical (unpaired) electrons. The van der Waals surface area contributed by atoms with Crippen molar-refractivity contribution in [3.63, 3.8) is 0 Å². The zero-order chi connectivity index (χ0) is 19.0. The molecular formula is C18H16O8. The van der Waals surface area contributed by atoms with Crippen LogP contribution in [0.25, 0.3) is 22.3 Å². The molecule has 8 nitrogen and oxygen atoms in total. The number of fused-ring (bicyclic) bond motifs is 1. The molecule has 1 heterocycles. The fraction of sp³-hybridized carbons (Fsp3) is 0.167. The monoisotopic (exact) mass is 360 g/mol. The van der Waals surface area contributed by atoms with E-state index in [-0.39, 0.29) is 22.8 Å². The van der Waals surface area contributed by atoms with Gasteiger partial charge < -0.3 is 33.9 Å². The molecule has 0 amide bonds. The molecule has 8 heteroatoms. The molecule has 26 heavy (non-hydrogen) atoms. The van der Waals surface area contributed by atoms with Crippen molar-refractivity contribution in [1.29, 1.82) is 0 Å². The molecule has 0 atom stereocenters. The number of hydrogen-bond acceptors (Lipinski definition) is 8. The molecule has 2 aromatic carbocycles. The van der Waals surface area contributed by atoms with Crippen LogP contribution in [0.3, 0.4) is 0 Å². The second-order valence-electron chi connectivity index (χ2n) is 5.31. The number of phenols is 2. The minimum Gasteiger partial charge on any atom is -0.504 e. The van der Waals surface area contributed by atoms with Crippen LogP contribution in [0.5, 0.6) is 34.5 Å². The summed E-state index contributed by atoms with van der Waals surface area (Å²) < 4.78 is 20.6. The van der Waals surface area contributed by atoms with E-state index in [2.05, 4.69) is 0 Å². The number of ether oxygens (including phenoxy) is 3. The predicted octanol–water partition coefficient (Wildman–Crippen LogP) is 2.60. The smallest absolute Gasteiger partial charge is 0.239 e. The van der Waals surface area contributed by atoms with Gasteiger partial charge in [-0.1, -0.05) is 0 Å². The Morgan fingerprint density at radius 3 is 1.92 bits per heavy atom. The Kier molecular flexibility index (Phi) is 4.25. The maximum Gasteiger partial charge on any atom is 0.239 e. The van der Waals surface area contributed by atoms with Crippen LogP contribution in [0.1, 0.15) is 0 Å². The third-order valence-electron chi connectivity index (χ3n) is 3.94. The van der Waals surface area contributed by atoms with E-state index in [1.54, 1.807) is 24.3 Å². The highest BCUT2D eigenvalue weighted by molar-refractivity contribution is 5.96. The largest absolute Gasteiger partial charge is 0.504 e. The van der Waals surface area contributed by atoms with Gasteiger partial charge in [0.05, 0.1) is 21.3 Å². The number of rotatable bonds is 4. The van der Waals surface area contributed by atoms with Crippen molar-refractivity contribution in [1.82, 2.24) is 0 Å². The minimum absolute atomic E-state index is 0.174. The highest BCUT2D eigenvalue weighted by Crippen LogP contribution is 2.50. The Hall–Kier alpha value is -3.55. The van der Waals surface area contributed by atoms with E-state index >= 15 is 0 Å². The lowest BCUT2D eigenvalue weighted by atomic mass is 10.1. The predicted molar refractivity (Wildman–Crippen MR) is 92.6 cm³/mol. The number of benzene rings is 2. The molecule has 0 aliphatic rings. The Balaban J connectivity index is 2.39. The van der Waals surface area contributed by atoms with E-state index < -0.39 is 28.1 Å². The van der Waals surface area contributed by atoms with Gasteiger partial charge in [-0.2, -0.15) is 0 Å². The van der Waals surface area contributed by atoms with E-state index in [1.807, 2.05) is 0 Å². The summed E-state index contributed by atoms with van der Waals surface area (Å²) in [6, 6.07) is 6.37. The van der Waals surface area contributed by atoms with E-state index in [0.717, 1.165) is 0 Å². The summed E-state index contributed by atoms with van der Waals surface area (Å²) in [6.07, 6.45) is 0. The van der Waals surface area contributed by atoms with Crippen molar-refractivity contribution < 1.29 is 33.9 Å². The SMILES string of the molecule is COc1ccc(-c2oc3c(O)c(OC)c(OC)c(O)c3c(=O)c2O)cc1. The van der Waals surface area contributed by atoms with E-state index in [9.17, 15) is 20.1 Å². The molecule has 3 N–H and O–H groups in total. The first-order valence-corrected chi connectivity index (χ1v) is 7.44. The molecule has 3 rings (SSSR count). The van der Waals surface area contributed by atoms with E-state index in [4.69, 9.17) is 18.6 Å². The fourth-order valence-corrected chi connectivity index (χ4v) is 2.66. The van der Waals surface area contributed by atoms with Crippen LogP contribution < -0.4 is 19.6 Å². The number of phenolic OH excluding ortho intramolecular Hbond substituents is 2. The average Bonchev–Trinajstić information content (AvgIpc) is 2.66. The van der Waals surface area contributed by atoms with E-state index in [1.165, 1.54) is 21.3 Å². The third-order valence-corrected chi connectivity index (χ3v) is 3.94. The summed E-state index contributed by atoms with van der Waals surface area (Å²) in [4.78, 5) is 12.6. The van der Waals surface area contributed by atoms with Crippen molar-refractivity contribution in [3.8, 4) is 45.8 Å². The molecule has 1 aromatic heterocycles. The second kappa shape index (κ2) is 6.40. The highest BCUT2D eigenvalue weighted by atomic mass is 16.5. The second-order valence-corrected chi connectivity index (χ2v) is 5.31. The third kappa shape index (κ3) is 2.43. The van der Waals surface area contributed by atoms with Crippen LogP contribution in [0, 0.1) is 0 Å². The van der Waals surface area contributed by atoms with Gasteiger partial charge in [0.15, 0.2) is 17.1 Å². The van der Waals surface area contributed by atoms with Crippen molar-refractivity contribution in [2.24, 2.45) is 0 Å². The van der Waals surface area contributed by atoms with Crippen LogP contribution in [0.2, 0.25) is 0 Å². The number of hydrogen-bond donors (Lipinski definition) is 3. The maximum absolute atomic E-state index is 12.6. The van der Waals surface area contributed by atoms with Gasteiger partial charge in [0, 0.05) is 5.56 Å². The molecule has 0 unspecified atom stereocenters. The van der Waals surface area contributed by atoms with Crippen molar-refractivity contribution in [2.75, 3.05) is 21.3 Å². The molecule has 3 aromatic rings. The molecule has 0 aliphatic heterocycles. The van der Waals surface area contributed by atoms with Crippen LogP contribution >= 0.6 is 0 Å². The van der Waals surface area contributed by atoms with Gasteiger partial charge in [-0.15, -0.1) is 0 Å². The van der Waals surface area contributed by atoms with Gasteiger partial charge in [-0.05, 0) is 24.3 Å². The quantitative estimate of drug-likeness (QED) is 0.608. The van der Waals surface area contributed by atoms with Gasteiger partial charge in [0.2, 0.25) is 28.4 Å². The van der Waals surface area contributed by atoms with Crippen molar-refractivity contribution in [3.05, 3.63) is 34.5 Å². The lowest BCUT2D eigenvalue weighted by molar-refractivity contribution is 0.317. The topological polar surface area (TPSA) is 119 Å². The van der Waals surface area contributed by atoms with Crippen LogP contribution in [0.4, 0.5) is 0 Å². The minimum atomic E-state index is -0.925. The molecule has 0 fully saturated rings. The van der Waals surface area contributed by atoms with Gasteiger partial charge in [-0.25, -0.2) is 0 Å². The molecule has 136 valence electrons. The van der Waals surface area contributed by atoms with Crippen LogP contribution in [-0.4, -0.2) is 36.6 Å². The summed E-state index contributed by atoms with van der Waals surface area (Å²) in [5.74, 6) is -1.92. The Labute approximate surface area is 147 Å². The Bertz CT molecular complexity index is 1030. The van der Waals surface area contributed by atoms with Gasteiger partial charge in [-0.3, -0.25) is 4.79 Å². The summed E-state index contributed by atoms with van der Waals surface area (Å²) in [5.41, 5.74) is -0.893. The van der Waals surface area contributed by atoms with Gasteiger partial charge >= 0.3 is 0 Å². The summed E-state index contributed by atoms with van der Waals surface area (Å²) in [7, 11) is 3.99. The highest BCUT2D eigenvalue weighted by Gasteiger charge is 2.27. The van der Waals surface area contributed by atoms with Gasteiger partial charge in [0.1, 0.15) is 11.1 Å². The molecule has 0 saturated carbocycles. The summed E-state index contributed by atoms with van der Waals surface area (Å²) >= 11 is 0. The van der Waals surface area contributed by atoms with Crippen molar-refractivity contribution >= 4 is 11.0 Å². The van der Waals surface area contributed by atoms with Crippen LogP contribution in [0.15, 0.2) is 33.5 Å². The maximum atomic E-state index is 12.6. The fourth-order valence-electron chi connectivity index (χ4n) is 2.66. The Morgan fingerprint density at radius 1 is 0.808 bits per heavy atom. The van der Waals surface area contributed by atoms with Crippen molar-refractivity contribution in [2.45, 2.75) is 0 Å². The molecule has 0 saturated heterocycles. The summed E-state index contributed by atoms with van der Waals surface area (Å²) in [5, 5.41) is 30.6. The zero-order valence-electron chi connectivity index (χ0n) is 14.2. The lowest BCUT2D eigenvalue weighted by Gasteiger charge is -2.14. The first-order chi connectivity index (χ1) is 12.4. The zero-order valence-corrected chi connectivity index (χ0v) is 14.2. The standard InChI is InChI=1S/C18H16O8/c1-23-9-6-4-8(5-7-9)15-13(21)11(19)10-12(20)17(24-2)18(25-3)14(22)16(10)26-15/h4-7,20-22H,1-3H3. The first kappa shape index (κ1) is 17.3. The summed E-state index contributed by atoms with van der Waals surface area (Å²) in [6.45, 7) is 0. The molecular weight excluding hydrogens is 344 g/mol. The number of aromatic hydroxyl groups is 3. The molecule has 0 spiro atoms. The van der Waals surface area contributed by atoms with E-state index in [0.29, 0.717) is 11.3 Å². The van der Waals surface area contributed by atoms with Crippen LogP contribution in [-0.2, 0) is 0 Å². The average molecular weight is 360 g/mol. The number of methoxy groups -OCH3 is 3. The molecule has 0 bridgehead atoms.